The minimum atomic E-state index is 0.663. The van der Waals surface area contributed by atoms with E-state index in [0.29, 0.717) is 6.54 Å². The van der Waals surface area contributed by atoms with Crippen molar-refractivity contribution in [1.29, 1.82) is 0 Å². The molecule has 20 heavy (non-hydrogen) atoms. The average Bonchev–Trinajstić information content (AvgIpc) is 2.96. The van der Waals surface area contributed by atoms with Crippen LogP contribution in [0.1, 0.15) is 11.3 Å². The molecule has 0 fully saturated rings. The molecule has 1 aromatic carbocycles. The first kappa shape index (κ1) is 12.4. The van der Waals surface area contributed by atoms with Crippen LogP contribution >= 0.6 is 0 Å². The van der Waals surface area contributed by atoms with E-state index < -0.39 is 0 Å². The van der Waals surface area contributed by atoms with Gasteiger partial charge in [-0.15, -0.1) is 0 Å². The van der Waals surface area contributed by atoms with Gasteiger partial charge in [-0.3, -0.25) is 9.55 Å². The molecule has 0 aliphatic carbocycles. The van der Waals surface area contributed by atoms with Crippen LogP contribution in [0.2, 0.25) is 0 Å². The minimum absolute atomic E-state index is 0.663. The fourth-order valence-corrected chi connectivity index (χ4v) is 2.10. The summed E-state index contributed by atoms with van der Waals surface area (Å²) in [5.74, 6) is 0.821. The third-order valence-electron chi connectivity index (χ3n) is 3.21. The van der Waals surface area contributed by atoms with Gasteiger partial charge in [0.25, 0.3) is 0 Å². The molecule has 0 radical (unpaired) electrons. The zero-order valence-corrected chi connectivity index (χ0v) is 11.3. The van der Waals surface area contributed by atoms with E-state index in [1.54, 1.807) is 6.20 Å². The number of pyridine rings is 1. The van der Waals surface area contributed by atoms with E-state index in [2.05, 4.69) is 40.4 Å². The lowest BCUT2D eigenvalue weighted by molar-refractivity contribution is 0.962. The van der Waals surface area contributed by atoms with Crippen LogP contribution in [0.15, 0.2) is 61.1 Å². The molecule has 2 aromatic heterocycles. The smallest absolute Gasteiger partial charge is 0.207 e. The van der Waals surface area contributed by atoms with Crippen molar-refractivity contribution in [1.82, 2.24) is 14.5 Å². The first-order valence-electron chi connectivity index (χ1n) is 6.58. The molecule has 0 aliphatic heterocycles. The lowest BCUT2D eigenvalue weighted by Crippen LogP contribution is -2.08. The molecule has 2 heterocycles. The number of benzene rings is 1. The largest absolute Gasteiger partial charge is 0.350 e. The molecule has 0 amide bonds. The van der Waals surface area contributed by atoms with Gasteiger partial charge in [-0.1, -0.05) is 24.3 Å². The Bertz CT molecular complexity index is 688. The highest BCUT2D eigenvalue weighted by atomic mass is 15.2. The van der Waals surface area contributed by atoms with E-state index in [4.69, 9.17) is 0 Å². The normalized spacial score (nSPS) is 10.4. The van der Waals surface area contributed by atoms with Gasteiger partial charge < -0.3 is 5.32 Å². The summed E-state index contributed by atoms with van der Waals surface area (Å²) in [5, 5.41) is 3.34. The van der Waals surface area contributed by atoms with Crippen molar-refractivity contribution in [2.75, 3.05) is 5.32 Å². The molecule has 0 unspecified atom stereocenters. The number of aryl methyl sites for hydroxylation is 1. The van der Waals surface area contributed by atoms with Gasteiger partial charge in [-0.05, 0) is 30.7 Å². The highest BCUT2D eigenvalue weighted by molar-refractivity contribution is 5.41. The Morgan fingerprint density at radius 3 is 2.65 bits per heavy atom. The molecule has 3 aromatic rings. The molecule has 1 N–H and O–H groups in total. The van der Waals surface area contributed by atoms with Gasteiger partial charge in [0.1, 0.15) is 0 Å². The van der Waals surface area contributed by atoms with Crippen LogP contribution in [-0.2, 0) is 6.54 Å². The third-order valence-corrected chi connectivity index (χ3v) is 3.21. The number of nitrogens with zero attached hydrogens (tertiary/aromatic N) is 3. The monoisotopic (exact) mass is 264 g/mol. The average molecular weight is 264 g/mol. The lowest BCUT2D eigenvalue weighted by Gasteiger charge is -2.10. The SMILES string of the molecule is Cc1cccnc1CNc1nccn1-c1ccccc1. The summed E-state index contributed by atoms with van der Waals surface area (Å²) in [5.41, 5.74) is 3.30. The van der Waals surface area contributed by atoms with Crippen LogP contribution in [-0.4, -0.2) is 14.5 Å². The van der Waals surface area contributed by atoms with Crippen LogP contribution in [0.5, 0.6) is 0 Å². The molecule has 4 nitrogen and oxygen atoms in total. The second-order valence-electron chi connectivity index (χ2n) is 4.58. The van der Waals surface area contributed by atoms with Crippen LogP contribution in [0, 0.1) is 6.92 Å². The van der Waals surface area contributed by atoms with Gasteiger partial charge >= 0.3 is 0 Å². The van der Waals surface area contributed by atoms with Crippen molar-refractivity contribution in [3.05, 3.63) is 72.3 Å². The Labute approximate surface area is 118 Å². The quantitative estimate of drug-likeness (QED) is 0.787. The van der Waals surface area contributed by atoms with Crippen molar-refractivity contribution in [3.8, 4) is 5.69 Å². The number of anilines is 1. The molecular weight excluding hydrogens is 248 g/mol. The first-order chi connectivity index (χ1) is 9.84. The number of imidazole rings is 1. The van der Waals surface area contributed by atoms with Crippen molar-refractivity contribution in [3.63, 3.8) is 0 Å². The van der Waals surface area contributed by atoms with E-state index in [-0.39, 0.29) is 0 Å². The molecule has 0 saturated carbocycles. The van der Waals surface area contributed by atoms with Crippen LogP contribution in [0.3, 0.4) is 0 Å². The van der Waals surface area contributed by atoms with E-state index >= 15 is 0 Å². The number of hydrogen-bond acceptors (Lipinski definition) is 3. The fourth-order valence-electron chi connectivity index (χ4n) is 2.10. The molecule has 4 heteroatoms. The van der Waals surface area contributed by atoms with E-state index in [1.165, 1.54) is 5.56 Å². The van der Waals surface area contributed by atoms with Gasteiger partial charge in [0.2, 0.25) is 5.95 Å². The maximum absolute atomic E-state index is 4.38. The minimum Gasteiger partial charge on any atom is -0.350 e. The van der Waals surface area contributed by atoms with Gasteiger partial charge in [0, 0.05) is 24.3 Å². The predicted molar refractivity (Wildman–Crippen MR) is 79.9 cm³/mol. The third kappa shape index (κ3) is 2.54. The Morgan fingerprint density at radius 2 is 1.85 bits per heavy atom. The molecule has 0 atom stereocenters. The molecule has 0 aliphatic rings. The Balaban J connectivity index is 1.80. The Hall–Kier alpha value is -2.62. The molecule has 0 spiro atoms. The zero-order valence-electron chi connectivity index (χ0n) is 11.3. The topological polar surface area (TPSA) is 42.7 Å². The summed E-state index contributed by atoms with van der Waals surface area (Å²) in [6, 6.07) is 14.2. The predicted octanol–water partition coefficient (Wildman–Crippen LogP) is 3.19. The standard InChI is InChI=1S/C16H16N4/c1-13-6-5-9-17-15(13)12-19-16-18-10-11-20(16)14-7-3-2-4-8-14/h2-11H,12H2,1H3,(H,18,19). The molecular formula is C16H16N4. The zero-order chi connectivity index (χ0) is 13.8. The van der Waals surface area contributed by atoms with Crippen LogP contribution in [0.25, 0.3) is 5.69 Å². The maximum Gasteiger partial charge on any atom is 0.207 e. The van der Waals surface area contributed by atoms with Crippen molar-refractivity contribution in [2.24, 2.45) is 0 Å². The fraction of sp³-hybridized carbons (Fsp3) is 0.125. The number of para-hydroxylation sites is 1. The maximum atomic E-state index is 4.38. The lowest BCUT2D eigenvalue weighted by atomic mass is 10.2. The summed E-state index contributed by atoms with van der Waals surface area (Å²) in [4.78, 5) is 8.74. The van der Waals surface area contributed by atoms with Crippen molar-refractivity contribution in [2.45, 2.75) is 13.5 Å². The van der Waals surface area contributed by atoms with Gasteiger partial charge in [-0.25, -0.2) is 4.98 Å². The van der Waals surface area contributed by atoms with Crippen molar-refractivity contribution < 1.29 is 0 Å². The number of aromatic nitrogens is 3. The van der Waals surface area contributed by atoms with E-state index in [9.17, 15) is 0 Å². The molecule has 100 valence electrons. The first-order valence-corrected chi connectivity index (χ1v) is 6.58. The summed E-state index contributed by atoms with van der Waals surface area (Å²) in [6.45, 7) is 2.73. The van der Waals surface area contributed by atoms with Crippen LogP contribution in [0.4, 0.5) is 5.95 Å². The summed E-state index contributed by atoms with van der Waals surface area (Å²) in [7, 11) is 0. The van der Waals surface area contributed by atoms with E-state index in [0.717, 1.165) is 17.3 Å². The number of hydrogen-bond donors (Lipinski definition) is 1. The highest BCUT2D eigenvalue weighted by Gasteiger charge is 2.05. The highest BCUT2D eigenvalue weighted by Crippen LogP contribution is 2.15. The van der Waals surface area contributed by atoms with Gasteiger partial charge in [-0.2, -0.15) is 0 Å². The van der Waals surface area contributed by atoms with Crippen molar-refractivity contribution >= 4 is 5.95 Å². The van der Waals surface area contributed by atoms with Crippen LogP contribution < -0.4 is 5.32 Å². The molecule has 0 saturated heterocycles. The second-order valence-corrected chi connectivity index (χ2v) is 4.58. The molecule has 0 bridgehead atoms. The Morgan fingerprint density at radius 1 is 1.00 bits per heavy atom. The summed E-state index contributed by atoms with van der Waals surface area (Å²) < 4.78 is 2.03. The van der Waals surface area contributed by atoms with E-state index in [1.807, 2.05) is 41.2 Å². The van der Waals surface area contributed by atoms with Gasteiger partial charge in [0.05, 0.1) is 12.2 Å². The number of nitrogens with one attached hydrogen (secondary N) is 1. The summed E-state index contributed by atoms with van der Waals surface area (Å²) >= 11 is 0. The number of rotatable bonds is 4. The van der Waals surface area contributed by atoms with Gasteiger partial charge in [0.15, 0.2) is 0 Å². The molecule has 3 rings (SSSR count). The second kappa shape index (κ2) is 5.57. The Kier molecular flexibility index (Phi) is 3.46. The summed E-state index contributed by atoms with van der Waals surface area (Å²) in [6.07, 6.45) is 5.55.